The van der Waals surface area contributed by atoms with Gasteiger partial charge in [-0.05, 0) is 18.2 Å². The third-order valence-corrected chi connectivity index (χ3v) is 1.63. The summed E-state index contributed by atoms with van der Waals surface area (Å²) >= 11 is 0. The van der Waals surface area contributed by atoms with Crippen LogP contribution in [-0.2, 0) is 4.79 Å². The molecule has 1 rings (SSSR count). The third-order valence-electron chi connectivity index (χ3n) is 1.63. The summed E-state index contributed by atoms with van der Waals surface area (Å²) in [6, 6.07) is 3.93. The number of carbonyl (C=O) groups excluding carboxylic acids is 1. The summed E-state index contributed by atoms with van der Waals surface area (Å²) in [5.41, 5.74) is 0.0394. The van der Waals surface area contributed by atoms with Crippen LogP contribution in [0.5, 0.6) is 11.5 Å². The van der Waals surface area contributed by atoms with Crippen molar-refractivity contribution >= 4 is 6.29 Å². The Hall–Kier alpha value is -1.58. The average Bonchev–Trinajstić information content (AvgIpc) is 2.16. The number of hydrogen-bond donors (Lipinski definition) is 1. The van der Waals surface area contributed by atoms with Crippen LogP contribution in [0.25, 0.3) is 0 Å². The van der Waals surface area contributed by atoms with E-state index in [1.807, 2.05) is 0 Å². The maximum Gasteiger partial charge on any atom is 0.184 e. The molecule has 0 aromatic heterocycles. The fourth-order valence-electron chi connectivity index (χ4n) is 1.01. The summed E-state index contributed by atoms with van der Waals surface area (Å²) < 4.78 is 17.7. The van der Waals surface area contributed by atoms with Gasteiger partial charge in [0.15, 0.2) is 12.5 Å². The number of aldehydes is 1. The number of rotatable bonds is 3. The molecule has 1 N–H and O–H groups in total. The van der Waals surface area contributed by atoms with Crippen molar-refractivity contribution in [3.8, 4) is 11.5 Å². The first-order valence-corrected chi connectivity index (χ1v) is 3.65. The number of benzene rings is 1. The predicted octanol–water partition coefficient (Wildman–Crippen LogP) is 1.61. The van der Waals surface area contributed by atoms with Gasteiger partial charge in [-0.25, -0.2) is 4.39 Å². The number of halogens is 1. The molecule has 0 saturated carbocycles. The Morgan fingerprint density at radius 2 is 2.31 bits per heavy atom. The van der Waals surface area contributed by atoms with Crippen LogP contribution in [0.4, 0.5) is 4.39 Å². The first-order chi connectivity index (χ1) is 6.19. The van der Waals surface area contributed by atoms with E-state index < -0.39 is 6.17 Å². The van der Waals surface area contributed by atoms with Crippen LogP contribution in [0.3, 0.4) is 0 Å². The summed E-state index contributed by atoms with van der Waals surface area (Å²) in [4.78, 5) is 10.2. The second kappa shape index (κ2) is 3.89. The van der Waals surface area contributed by atoms with Gasteiger partial charge in [-0.3, -0.25) is 4.79 Å². The van der Waals surface area contributed by atoms with E-state index in [0.29, 0.717) is 0 Å². The maximum absolute atomic E-state index is 12.9. The predicted molar refractivity (Wildman–Crippen MR) is 44.6 cm³/mol. The van der Waals surface area contributed by atoms with Crippen LogP contribution < -0.4 is 4.74 Å². The van der Waals surface area contributed by atoms with Gasteiger partial charge in [0, 0.05) is 5.56 Å². The highest BCUT2D eigenvalue weighted by atomic mass is 19.1. The quantitative estimate of drug-likeness (QED) is 0.726. The number of ether oxygens (including phenoxy) is 1. The molecule has 0 fully saturated rings. The van der Waals surface area contributed by atoms with Gasteiger partial charge in [-0.15, -0.1) is 0 Å². The van der Waals surface area contributed by atoms with Gasteiger partial charge in [0.05, 0.1) is 7.11 Å². The fraction of sp³-hybridized carbons (Fsp3) is 0.222. The van der Waals surface area contributed by atoms with Gasteiger partial charge in [0.1, 0.15) is 11.5 Å². The first-order valence-electron chi connectivity index (χ1n) is 3.65. The van der Waals surface area contributed by atoms with Crippen LogP contribution in [0.2, 0.25) is 0 Å². The molecule has 0 aliphatic carbocycles. The SMILES string of the molecule is COc1ccc(O)cc1C(F)C=O. The molecule has 0 saturated heterocycles. The van der Waals surface area contributed by atoms with E-state index in [1.54, 1.807) is 0 Å². The van der Waals surface area contributed by atoms with Gasteiger partial charge in [0.25, 0.3) is 0 Å². The molecule has 0 spiro atoms. The molecule has 0 bridgehead atoms. The van der Waals surface area contributed by atoms with Crippen molar-refractivity contribution < 1.29 is 19.0 Å². The van der Waals surface area contributed by atoms with Crippen molar-refractivity contribution in [3.63, 3.8) is 0 Å². The van der Waals surface area contributed by atoms with Crippen LogP contribution in [0.15, 0.2) is 18.2 Å². The third kappa shape index (κ3) is 1.96. The Morgan fingerprint density at radius 1 is 1.62 bits per heavy atom. The van der Waals surface area contributed by atoms with Crippen molar-refractivity contribution in [1.29, 1.82) is 0 Å². The fourth-order valence-corrected chi connectivity index (χ4v) is 1.01. The summed E-state index contributed by atoms with van der Waals surface area (Å²) in [7, 11) is 1.37. The summed E-state index contributed by atoms with van der Waals surface area (Å²) in [5, 5.41) is 9.04. The lowest BCUT2D eigenvalue weighted by Gasteiger charge is -2.08. The Balaban J connectivity index is 3.14. The van der Waals surface area contributed by atoms with Crippen LogP contribution in [-0.4, -0.2) is 18.5 Å². The van der Waals surface area contributed by atoms with E-state index >= 15 is 0 Å². The van der Waals surface area contributed by atoms with E-state index in [4.69, 9.17) is 9.84 Å². The molecule has 3 nitrogen and oxygen atoms in total. The van der Waals surface area contributed by atoms with Crippen LogP contribution >= 0.6 is 0 Å². The monoisotopic (exact) mass is 184 g/mol. The van der Waals surface area contributed by atoms with E-state index in [9.17, 15) is 9.18 Å². The number of phenols is 1. The number of phenolic OH excluding ortho intramolecular Hbond substituents is 1. The highest BCUT2D eigenvalue weighted by Gasteiger charge is 2.14. The summed E-state index contributed by atoms with van der Waals surface area (Å²) in [5.74, 6) is 0.151. The smallest absolute Gasteiger partial charge is 0.184 e. The zero-order valence-electron chi connectivity index (χ0n) is 7.03. The van der Waals surface area contributed by atoms with Crippen molar-refractivity contribution in [2.24, 2.45) is 0 Å². The Bertz CT molecular complexity index is 312. The highest BCUT2D eigenvalue weighted by molar-refractivity contribution is 5.62. The zero-order valence-corrected chi connectivity index (χ0v) is 7.03. The highest BCUT2D eigenvalue weighted by Crippen LogP contribution is 2.29. The standard InChI is InChI=1S/C9H9FO3/c1-13-9-3-2-6(12)4-7(9)8(10)5-11/h2-5,8,12H,1H3. The van der Waals surface area contributed by atoms with E-state index in [0.717, 1.165) is 6.07 Å². The van der Waals surface area contributed by atoms with Crippen molar-refractivity contribution in [1.82, 2.24) is 0 Å². The molecule has 0 heterocycles. The van der Waals surface area contributed by atoms with Crippen molar-refractivity contribution in [3.05, 3.63) is 23.8 Å². The molecule has 1 atom stereocenters. The van der Waals surface area contributed by atoms with Gasteiger partial charge in [-0.1, -0.05) is 0 Å². The molecule has 1 aromatic carbocycles. The van der Waals surface area contributed by atoms with Crippen molar-refractivity contribution in [2.45, 2.75) is 6.17 Å². The van der Waals surface area contributed by atoms with Crippen LogP contribution in [0.1, 0.15) is 11.7 Å². The molecular weight excluding hydrogens is 175 g/mol. The number of aromatic hydroxyl groups is 1. The normalized spacial score (nSPS) is 12.2. The lowest BCUT2D eigenvalue weighted by atomic mass is 10.1. The zero-order chi connectivity index (χ0) is 9.84. The number of alkyl halides is 1. The number of methoxy groups -OCH3 is 1. The molecule has 70 valence electrons. The van der Waals surface area contributed by atoms with E-state index in [1.165, 1.54) is 19.2 Å². The number of hydrogen-bond acceptors (Lipinski definition) is 3. The molecule has 0 aliphatic rings. The van der Waals surface area contributed by atoms with Gasteiger partial charge in [0.2, 0.25) is 0 Å². The minimum absolute atomic E-state index is 0.0394. The Kier molecular flexibility index (Phi) is 2.84. The minimum Gasteiger partial charge on any atom is -0.508 e. The molecule has 4 heteroatoms. The average molecular weight is 184 g/mol. The molecular formula is C9H9FO3. The van der Waals surface area contributed by atoms with E-state index in [2.05, 4.69) is 0 Å². The molecule has 0 radical (unpaired) electrons. The summed E-state index contributed by atoms with van der Waals surface area (Å²) in [6.07, 6.45) is -1.61. The minimum atomic E-state index is -1.76. The molecule has 1 aromatic rings. The topological polar surface area (TPSA) is 46.5 Å². The largest absolute Gasteiger partial charge is 0.508 e. The Morgan fingerprint density at radius 3 is 2.85 bits per heavy atom. The molecule has 0 amide bonds. The lowest BCUT2D eigenvalue weighted by molar-refractivity contribution is -0.112. The maximum atomic E-state index is 12.9. The van der Waals surface area contributed by atoms with Gasteiger partial charge in [-0.2, -0.15) is 0 Å². The lowest BCUT2D eigenvalue weighted by Crippen LogP contribution is -1.96. The first kappa shape index (κ1) is 9.51. The number of carbonyl (C=O) groups is 1. The molecule has 0 aliphatic heterocycles. The second-order valence-electron chi connectivity index (χ2n) is 2.46. The second-order valence-corrected chi connectivity index (χ2v) is 2.46. The van der Waals surface area contributed by atoms with Gasteiger partial charge < -0.3 is 9.84 Å². The summed E-state index contributed by atoms with van der Waals surface area (Å²) in [6.45, 7) is 0. The molecule has 1 unspecified atom stereocenters. The molecule has 13 heavy (non-hydrogen) atoms. The van der Waals surface area contributed by atoms with Gasteiger partial charge >= 0.3 is 0 Å². The van der Waals surface area contributed by atoms with E-state index in [-0.39, 0.29) is 23.3 Å². The Labute approximate surface area is 74.8 Å². The van der Waals surface area contributed by atoms with Crippen molar-refractivity contribution in [2.75, 3.05) is 7.11 Å². The van der Waals surface area contributed by atoms with Crippen LogP contribution in [0, 0.1) is 0 Å².